The van der Waals surface area contributed by atoms with Gasteiger partial charge >= 0.3 is 0 Å². The molecule has 2 aromatic rings. The second-order valence-electron chi connectivity index (χ2n) is 8.19. The summed E-state index contributed by atoms with van der Waals surface area (Å²) in [6, 6.07) is 1.85. The molecule has 2 aliphatic rings. The Bertz CT molecular complexity index is 951. The van der Waals surface area contributed by atoms with Gasteiger partial charge < -0.3 is 10.6 Å². The fourth-order valence-corrected chi connectivity index (χ4v) is 5.10. The van der Waals surface area contributed by atoms with Crippen molar-refractivity contribution in [3.63, 3.8) is 0 Å². The first-order valence-electron chi connectivity index (χ1n) is 10.4. The van der Waals surface area contributed by atoms with Gasteiger partial charge in [0.05, 0.1) is 16.9 Å². The number of amides is 1. The second-order valence-corrected chi connectivity index (χ2v) is 9.21. The van der Waals surface area contributed by atoms with E-state index < -0.39 is 0 Å². The average molecular weight is 448 g/mol. The summed E-state index contributed by atoms with van der Waals surface area (Å²) < 4.78 is 1.71. The van der Waals surface area contributed by atoms with Gasteiger partial charge in [-0.15, -0.1) is 11.6 Å². The Morgan fingerprint density at radius 3 is 2.87 bits per heavy atom. The van der Waals surface area contributed by atoms with Gasteiger partial charge in [0.2, 0.25) is 0 Å². The molecule has 1 aliphatic heterocycles. The third-order valence-corrected chi connectivity index (χ3v) is 6.76. The van der Waals surface area contributed by atoms with Crippen LogP contribution in [-0.4, -0.2) is 45.2 Å². The van der Waals surface area contributed by atoms with Crippen LogP contribution in [0.15, 0.2) is 30.1 Å². The molecule has 1 fully saturated rings. The Morgan fingerprint density at radius 2 is 2.17 bits per heavy atom. The molecular weight excluding hydrogens is 421 g/mol. The van der Waals surface area contributed by atoms with Crippen molar-refractivity contribution in [1.82, 2.24) is 25.4 Å². The third kappa shape index (κ3) is 4.41. The van der Waals surface area contributed by atoms with Crippen LogP contribution in [0.5, 0.6) is 0 Å². The quantitative estimate of drug-likeness (QED) is 0.550. The molecule has 0 radical (unpaired) electrons. The molecule has 0 saturated carbocycles. The Balaban J connectivity index is 1.51. The van der Waals surface area contributed by atoms with E-state index in [1.165, 1.54) is 5.57 Å². The lowest BCUT2D eigenvalue weighted by molar-refractivity contribution is 0.0912. The summed E-state index contributed by atoms with van der Waals surface area (Å²) in [7, 11) is 1.84. The van der Waals surface area contributed by atoms with Crippen LogP contribution in [0.4, 0.5) is 0 Å². The Morgan fingerprint density at radius 1 is 1.33 bits per heavy atom. The van der Waals surface area contributed by atoms with E-state index in [1.807, 2.05) is 20.0 Å². The highest BCUT2D eigenvalue weighted by Crippen LogP contribution is 2.33. The van der Waals surface area contributed by atoms with Crippen molar-refractivity contribution in [3.8, 4) is 11.3 Å². The number of halogens is 2. The number of aryl methyl sites for hydroxylation is 2. The number of nitrogens with one attached hydrogen (secondary N) is 2. The molecule has 0 aromatic carbocycles. The molecule has 2 aromatic heterocycles. The summed E-state index contributed by atoms with van der Waals surface area (Å²) in [5, 5.41) is 11.6. The highest BCUT2D eigenvalue weighted by atomic mass is 35.5. The van der Waals surface area contributed by atoms with Gasteiger partial charge in [0, 0.05) is 42.7 Å². The lowest BCUT2D eigenvalue weighted by atomic mass is 9.80. The standard InChI is InChI=1S/C22H27Cl2N5O/c1-13-8-19(26-10-17(13)21-18(24)11-27-29(21)2)22(30)28-20-12-25-7-6-16(20)14-4-3-5-15(23)9-14/h4,8,10-11,15-16,20,25H,3,5-7,9,12H2,1-2H3,(H,28,30)/t15?,16-,20+/m1/s1. The largest absolute Gasteiger partial charge is 0.346 e. The lowest BCUT2D eigenvalue weighted by Gasteiger charge is -2.36. The van der Waals surface area contributed by atoms with Crippen molar-refractivity contribution in [2.75, 3.05) is 13.1 Å². The number of pyridine rings is 1. The van der Waals surface area contributed by atoms with E-state index in [9.17, 15) is 4.79 Å². The summed E-state index contributed by atoms with van der Waals surface area (Å²) in [6.45, 7) is 3.66. The zero-order valence-electron chi connectivity index (χ0n) is 17.3. The number of rotatable bonds is 4. The molecule has 160 valence electrons. The Hall–Kier alpha value is -1.89. The first-order chi connectivity index (χ1) is 14.4. The molecule has 1 saturated heterocycles. The summed E-state index contributed by atoms with van der Waals surface area (Å²) >= 11 is 12.7. The summed E-state index contributed by atoms with van der Waals surface area (Å²) in [4.78, 5) is 17.4. The normalized spacial score (nSPS) is 24.4. The summed E-state index contributed by atoms with van der Waals surface area (Å²) in [5.74, 6) is 0.170. The van der Waals surface area contributed by atoms with Crippen LogP contribution in [0.1, 0.15) is 41.7 Å². The van der Waals surface area contributed by atoms with E-state index >= 15 is 0 Å². The highest BCUT2D eigenvalue weighted by Gasteiger charge is 2.31. The van der Waals surface area contributed by atoms with Gasteiger partial charge in [-0.2, -0.15) is 5.10 Å². The van der Waals surface area contributed by atoms with Crippen LogP contribution in [0.3, 0.4) is 0 Å². The summed E-state index contributed by atoms with van der Waals surface area (Å²) in [5.41, 5.74) is 4.39. The van der Waals surface area contributed by atoms with Gasteiger partial charge in [0.1, 0.15) is 5.69 Å². The molecule has 8 heteroatoms. The number of allylic oxidation sites excluding steroid dienone is 1. The van der Waals surface area contributed by atoms with E-state index in [0.717, 1.165) is 55.6 Å². The highest BCUT2D eigenvalue weighted by molar-refractivity contribution is 6.33. The monoisotopic (exact) mass is 447 g/mol. The Labute approximate surface area is 187 Å². The van der Waals surface area contributed by atoms with E-state index in [1.54, 1.807) is 17.1 Å². The molecule has 2 N–H and O–H groups in total. The number of aromatic nitrogens is 3. The second kappa shape index (κ2) is 9.08. The maximum Gasteiger partial charge on any atom is 0.270 e. The van der Waals surface area contributed by atoms with Gasteiger partial charge in [-0.05, 0) is 50.8 Å². The number of carbonyl (C=O) groups excluding carboxylic acids is 1. The predicted octanol–water partition coefficient (Wildman–Crippen LogP) is 3.87. The van der Waals surface area contributed by atoms with E-state index in [0.29, 0.717) is 16.6 Å². The molecule has 1 aliphatic carbocycles. The maximum absolute atomic E-state index is 13.0. The zero-order valence-corrected chi connectivity index (χ0v) is 18.8. The SMILES string of the molecule is Cc1cc(C(=O)N[C@H]2CNCC[C@@H]2C2=CCCC(Cl)C2)ncc1-c1c(Cl)cnn1C. The Kier molecular flexibility index (Phi) is 6.46. The first kappa shape index (κ1) is 21.3. The molecule has 1 unspecified atom stereocenters. The third-order valence-electron chi connectivity index (χ3n) is 6.11. The van der Waals surface area contributed by atoms with E-state index in [-0.39, 0.29) is 17.3 Å². The van der Waals surface area contributed by atoms with Crippen LogP contribution in [0.2, 0.25) is 5.02 Å². The van der Waals surface area contributed by atoms with Crippen LogP contribution in [0, 0.1) is 12.8 Å². The lowest BCUT2D eigenvalue weighted by Crippen LogP contribution is -2.52. The van der Waals surface area contributed by atoms with Crippen molar-refractivity contribution in [2.45, 2.75) is 44.0 Å². The van der Waals surface area contributed by atoms with Gasteiger partial charge in [-0.1, -0.05) is 23.3 Å². The van der Waals surface area contributed by atoms with Crippen molar-refractivity contribution in [1.29, 1.82) is 0 Å². The minimum atomic E-state index is -0.154. The number of piperidine rings is 1. The molecule has 6 nitrogen and oxygen atoms in total. The van der Waals surface area contributed by atoms with Crippen LogP contribution in [0.25, 0.3) is 11.3 Å². The van der Waals surface area contributed by atoms with Crippen LogP contribution >= 0.6 is 23.2 Å². The van der Waals surface area contributed by atoms with Crippen molar-refractivity contribution in [3.05, 3.63) is 46.4 Å². The van der Waals surface area contributed by atoms with Gasteiger partial charge in [0.15, 0.2) is 0 Å². The van der Waals surface area contributed by atoms with Crippen molar-refractivity contribution < 1.29 is 4.79 Å². The molecule has 3 heterocycles. The predicted molar refractivity (Wildman–Crippen MR) is 120 cm³/mol. The molecule has 0 bridgehead atoms. The number of nitrogens with zero attached hydrogens (tertiary/aromatic N) is 3. The van der Waals surface area contributed by atoms with E-state index in [4.69, 9.17) is 23.2 Å². The van der Waals surface area contributed by atoms with Crippen LogP contribution in [-0.2, 0) is 7.05 Å². The fourth-order valence-electron chi connectivity index (χ4n) is 4.53. The summed E-state index contributed by atoms with van der Waals surface area (Å²) in [6.07, 6.45) is 9.60. The van der Waals surface area contributed by atoms with Gasteiger partial charge in [-0.25, -0.2) is 0 Å². The smallest absolute Gasteiger partial charge is 0.270 e. The number of alkyl halides is 1. The number of hydrogen-bond donors (Lipinski definition) is 2. The molecule has 1 amide bonds. The minimum absolute atomic E-state index is 0.0350. The van der Waals surface area contributed by atoms with Crippen LogP contribution < -0.4 is 10.6 Å². The fraction of sp³-hybridized carbons (Fsp3) is 0.500. The molecule has 30 heavy (non-hydrogen) atoms. The topological polar surface area (TPSA) is 71.8 Å². The maximum atomic E-state index is 13.0. The van der Waals surface area contributed by atoms with Gasteiger partial charge in [-0.3, -0.25) is 14.5 Å². The average Bonchev–Trinajstić information content (AvgIpc) is 3.06. The van der Waals surface area contributed by atoms with Crippen molar-refractivity contribution >= 4 is 29.1 Å². The molecule has 0 spiro atoms. The zero-order chi connectivity index (χ0) is 21.3. The van der Waals surface area contributed by atoms with Gasteiger partial charge in [0.25, 0.3) is 5.91 Å². The molecular formula is C22H27Cl2N5O. The van der Waals surface area contributed by atoms with E-state index in [2.05, 4.69) is 26.8 Å². The first-order valence-corrected chi connectivity index (χ1v) is 11.2. The minimum Gasteiger partial charge on any atom is -0.346 e. The van der Waals surface area contributed by atoms with Crippen molar-refractivity contribution in [2.24, 2.45) is 13.0 Å². The molecule has 3 atom stereocenters. The molecule has 4 rings (SSSR count). The number of carbonyl (C=O) groups is 1. The number of hydrogen-bond acceptors (Lipinski definition) is 4.